The van der Waals surface area contributed by atoms with E-state index in [1.165, 1.54) is 0 Å². The highest BCUT2D eigenvalue weighted by atomic mass is 35.5. The van der Waals surface area contributed by atoms with E-state index < -0.39 is 0 Å². The van der Waals surface area contributed by atoms with Gasteiger partial charge in [-0.15, -0.1) is 0 Å². The van der Waals surface area contributed by atoms with E-state index in [2.05, 4.69) is 21.3 Å². The summed E-state index contributed by atoms with van der Waals surface area (Å²) in [6.45, 7) is 2.05. The molecule has 0 spiro atoms. The quantitative estimate of drug-likeness (QED) is 0.930. The number of pyridine rings is 1. The molecule has 3 nitrogen and oxygen atoms in total. The van der Waals surface area contributed by atoms with Crippen LogP contribution in [-0.4, -0.2) is 24.1 Å². The molecule has 0 atom stereocenters. The maximum Gasteiger partial charge on any atom is 0.128 e. The smallest absolute Gasteiger partial charge is 0.128 e. The zero-order chi connectivity index (χ0) is 13.8. The number of para-hydroxylation sites is 1. The van der Waals surface area contributed by atoms with E-state index in [-0.39, 0.29) is 0 Å². The van der Waals surface area contributed by atoms with Gasteiger partial charge in [0.15, 0.2) is 0 Å². The molecule has 1 aliphatic heterocycles. The first kappa shape index (κ1) is 13.3. The first-order chi connectivity index (χ1) is 9.83. The van der Waals surface area contributed by atoms with Crippen molar-refractivity contribution in [2.24, 2.45) is 0 Å². The first-order valence-corrected chi connectivity index (χ1v) is 7.38. The van der Waals surface area contributed by atoms with Crippen molar-refractivity contribution in [3.8, 4) is 0 Å². The van der Waals surface area contributed by atoms with Gasteiger partial charge in [0.1, 0.15) is 5.82 Å². The molecule has 1 aliphatic rings. The van der Waals surface area contributed by atoms with E-state index in [0.29, 0.717) is 6.04 Å². The lowest BCUT2D eigenvalue weighted by molar-refractivity contribution is 0.523. The summed E-state index contributed by atoms with van der Waals surface area (Å²) < 4.78 is 0. The number of benzene rings is 1. The molecule has 0 radical (unpaired) electrons. The summed E-state index contributed by atoms with van der Waals surface area (Å²) in [6.07, 6.45) is 4.05. The average Bonchev–Trinajstić information content (AvgIpc) is 2.51. The van der Waals surface area contributed by atoms with Crippen molar-refractivity contribution < 1.29 is 0 Å². The predicted molar refractivity (Wildman–Crippen MR) is 84.5 cm³/mol. The lowest BCUT2D eigenvalue weighted by atomic mass is 10.0. The Kier molecular flexibility index (Phi) is 4.07. The van der Waals surface area contributed by atoms with Crippen molar-refractivity contribution in [1.82, 2.24) is 4.98 Å². The number of nitrogens with one attached hydrogen (secondary N) is 1. The molecule has 1 aromatic carbocycles. The van der Waals surface area contributed by atoms with E-state index in [0.717, 1.165) is 42.5 Å². The van der Waals surface area contributed by atoms with Crippen LogP contribution in [0.2, 0.25) is 5.02 Å². The minimum Gasteiger partial charge on any atom is -0.381 e. The average molecular weight is 288 g/mol. The zero-order valence-electron chi connectivity index (χ0n) is 11.3. The normalized spacial score (nSPS) is 16.1. The fraction of sp³-hybridized carbons (Fsp3) is 0.312. The van der Waals surface area contributed by atoms with Crippen molar-refractivity contribution in [3.05, 3.63) is 53.7 Å². The summed E-state index contributed by atoms with van der Waals surface area (Å²) in [7, 11) is 0. The molecule has 104 valence electrons. The summed E-state index contributed by atoms with van der Waals surface area (Å²) in [4.78, 5) is 6.75. The standard InChI is InChI=1S/C16H18ClN3/c17-14-5-1-2-6-15(14)19-13-8-11-20(12-9-13)16-7-3-4-10-18-16/h1-7,10,13,19H,8-9,11-12H2. The van der Waals surface area contributed by atoms with Gasteiger partial charge < -0.3 is 10.2 Å². The minimum absolute atomic E-state index is 0.481. The fourth-order valence-corrected chi connectivity index (χ4v) is 2.78. The van der Waals surface area contributed by atoms with Gasteiger partial charge in [-0.25, -0.2) is 4.98 Å². The van der Waals surface area contributed by atoms with Crippen LogP contribution in [0, 0.1) is 0 Å². The first-order valence-electron chi connectivity index (χ1n) is 7.00. The third-order valence-corrected chi connectivity index (χ3v) is 4.03. The van der Waals surface area contributed by atoms with Crippen LogP contribution in [0.5, 0.6) is 0 Å². The second-order valence-corrected chi connectivity index (χ2v) is 5.48. The molecular formula is C16H18ClN3. The Bertz CT molecular complexity index is 551. The zero-order valence-corrected chi connectivity index (χ0v) is 12.1. The summed E-state index contributed by atoms with van der Waals surface area (Å²) in [5.41, 5.74) is 1.03. The van der Waals surface area contributed by atoms with Crippen LogP contribution in [0.25, 0.3) is 0 Å². The Labute approximate surface area is 124 Å². The second kappa shape index (κ2) is 6.14. The van der Waals surface area contributed by atoms with E-state index >= 15 is 0 Å². The van der Waals surface area contributed by atoms with Gasteiger partial charge in [-0.1, -0.05) is 29.8 Å². The molecule has 3 rings (SSSR count). The third-order valence-electron chi connectivity index (χ3n) is 3.70. The number of piperidine rings is 1. The van der Waals surface area contributed by atoms with Crippen LogP contribution in [0.1, 0.15) is 12.8 Å². The molecule has 0 aliphatic carbocycles. The number of rotatable bonds is 3. The molecule has 0 saturated carbocycles. The minimum atomic E-state index is 0.481. The number of nitrogens with zero attached hydrogens (tertiary/aromatic N) is 2. The third kappa shape index (κ3) is 3.05. The molecule has 2 aromatic rings. The molecule has 20 heavy (non-hydrogen) atoms. The second-order valence-electron chi connectivity index (χ2n) is 5.07. The van der Waals surface area contributed by atoms with E-state index in [1.807, 2.05) is 42.6 Å². The van der Waals surface area contributed by atoms with Crippen molar-refractivity contribution in [1.29, 1.82) is 0 Å². The number of anilines is 2. The molecule has 1 N–H and O–H groups in total. The predicted octanol–water partition coefficient (Wildman–Crippen LogP) is 3.82. The van der Waals surface area contributed by atoms with Gasteiger partial charge in [0.25, 0.3) is 0 Å². The summed E-state index contributed by atoms with van der Waals surface area (Å²) >= 11 is 6.19. The number of halogens is 1. The lowest BCUT2D eigenvalue weighted by Gasteiger charge is -2.33. The van der Waals surface area contributed by atoms with E-state index in [4.69, 9.17) is 11.6 Å². The highest BCUT2D eigenvalue weighted by molar-refractivity contribution is 6.33. The van der Waals surface area contributed by atoms with Gasteiger partial charge >= 0.3 is 0 Å². The Balaban J connectivity index is 1.58. The lowest BCUT2D eigenvalue weighted by Crippen LogP contribution is -2.39. The van der Waals surface area contributed by atoms with Crippen molar-refractivity contribution in [2.75, 3.05) is 23.3 Å². The van der Waals surface area contributed by atoms with Crippen LogP contribution in [0.15, 0.2) is 48.7 Å². The molecule has 4 heteroatoms. The van der Waals surface area contributed by atoms with Gasteiger partial charge in [0.05, 0.1) is 10.7 Å². The van der Waals surface area contributed by atoms with Gasteiger partial charge in [-0.3, -0.25) is 0 Å². The molecule has 1 fully saturated rings. The van der Waals surface area contributed by atoms with E-state index in [9.17, 15) is 0 Å². The van der Waals surface area contributed by atoms with Crippen molar-refractivity contribution >= 4 is 23.1 Å². The molecule has 0 unspecified atom stereocenters. The highest BCUT2D eigenvalue weighted by Crippen LogP contribution is 2.25. The van der Waals surface area contributed by atoms with Crippen LogP contribution in [0.4, 0.5) is 11.5 Å². The summed E-state index contributed by atoms with van der Waals surface area (Å²) in [5, 5.41) is 4.33. The van der Waals surface area contributed by atoms with Crippen LogP contribution in [0.3, 0.4) is 0 Å². The summed E-state index contributed by atoms with van der Waals surface area (Å²) in [6, 6.07) is 14.5. The maximum absolute atomic E-state index is 6.19. The summed E-state index contributed by atoms with van der Waals surface area (Å²) in [5.74, 6) is 1.07. The number of aromatic nitrogens is 1. The van der Waals surface area contributed by atoms with Crippen LogP contribution >= 0.6 is 11.6 Å². The molecular weight excluding hydrogens is 270 g/mol. The Morgan fingerprint density at radius 3 is 2.50 bits per heavy atom. The van der Waals surface area contributed by atoms with Crippen molar-refractivity contribution in [2.45, 2.75) is 18.9 Å². The molecule has 1 saturated heterocycles. The van der Waals surface area contributed by atoms with Gasteiger partial charge in [0, 0.05) is 25.3 Å². The fourth-order valence-electron chi connectivity index (χ4n) is 2.59. The topological polar surface area (TPSA) is 28.2 Å². The Hall–Kier alpha value is -1.74. The highest BCUT2D eigenvalue weighted by Gasteiger charge is 2.20. The number of hydrogen-bond acceptors (Lipinski definition) is 3. The monoisotopic (exact) mass is 287 g/mol. The van der Waals surface area contributed by atoms with Crippen LogP contribution in [-0.2, 0) is 0 Å². The molecule has 0 amide bonds. The van der Waals surface area contributed by atoms with Crippen LogP contribution < -0.4 is 10.2 Å². The Morgan fingerprint density at radius 2 is 1.80 bits per heavy atom. The molecule has 0 bridgehead atoms. The molecule has 1 aromatic heterocycles. The van der Waals surface area contributed by atoms with Gasteiger partial charge in [-0.05, 0) is 37.1 Å². The largest absolute Gasteiger partial charge is 0.381 e. The van der Waals surface area contributed by atoms with Crippen molar-refractivity contribution in [3.63, 3.8) is 0 Å². The SMILES string of the molecule is Clc1ccccc1NC1CCN(c2ccccn2)CC1. The maximum atomic E-state index is 6.19. The van der Waals surface area contributed by atoms with E-state index in [1.54, 1.807) is 0 Å². The number of hydrogen-bond donors (Lipinski definition) is 1. The van der Waals surface area contributed by atoms with Gasteiger partial charge in [-0.2, -0.15) is 0 Å². The Morgan fingerprint density at radius 1 is 1.05 bits per heavy atom. The molecule has 2 heterocycles. The van der Waals surface area contributed by atoms with Gasteiger partial charge in [0.2, 0.25) is 0 Å².